The standard InChI is InChI=1S/C13H14N4O2/c1-9-3-4-10(12(5-9)17(18)19)6-11-7-13(14-2)16-8-15-11/h3-5,7-8H,6H2,1-2H3,(H,14,15,16). The highest BCUT2D eigenvalue weighted by Gasteiger charge is 2.14. The molecule has 0 amide bonds. The molecule has 0 aliphatic carbocycles. The SMILES string of the molecule is CNc1cc(Cc2ccc(C)cc2[N+](=O)[O-])ncn1. The van der Waals surface area contributed by atoms with Gasteiger partial charge in [0.05, 0.1) is 10.6 Å². The van der Waals surface area contributed by atoms with Crippen LogP contribution in [0.3, 0.4) is 0 Å². The average molecular weight is 258 g/mol. The van der Waals surface area contributed by atoms with Crippen LogP contribution in [0.25, 0.3) is 0 Å². The summed E-state index contributed by atoms with van der Waals surface area (Å²) >= 11 is 0. The van der Waals surface area contributed by atoms with Crippen molar-refractivity contribution in [2.75, 3.05) is 12.4 Å². The molecule has 2 rings (SSSR count). The van der Waals surface area contributed by atoms with E-state index in [1.165, 1.54) is 6.33 Å². The quantitative estimate of drug-likeness (QED) is 0.672. The maximum atomic E-state index is 11.0. The molecular weight excluding hydrogens is 244 g/mol. The Bertz CT molecular complexity index is 613. The molecule has 6 heteroatoms. The number of nitrogens with zero attached hydrogens (tertiary/aromatic N) is 3. The number of nitro groups is 1. The highest BCUT2D eigenvalue weighted by molar-refractivity contribution is 5.45. The number of hydrogen-bond donors (Lipinski definition) is 1. The Morgan fingerprint density at radius 3 is 2.79 bits per heavy atom. The minimum absolute atomic E-state index is 0.129. The number of aryl methyl sites for hydroxylation is 1. The highest BCUT2D eigenvalue weighted by atomic mass is 16.6. The molecule has 19 heavy (non-hydrogen) atoms. The van der Waals surface area contributed by atoms with Crippen LogP contribution in [0.2, 0.25) is 0 Å². The van der Waals surface area contributed by atoms with Crippen LogP contribution in [0.15, 0.2) is 30.6 Å². The molecule has 0 unspecified atom stereocenters. The first-order chi connectivity index (χ1) is 9.10. The lowest BCUT2D eigenvalue weighted by molar-refractivity contribution is -0.385. The minimum Gasteiger partial charge on any atom is -0.373 e. The van der Waals surface area contributed by atoms with E-state index in [0.717, 1.165) is 11.3 Å². The van der Waals surface area contributed by atoms with Crippen molar-refractivity contribution in [3.05, 3.63) is 57.5 Å². The van der Waals surface area contributed by atoms with Gasteiger partial charge in [-0.2, -0.15) is 0 Å². The van der Waals surface area contributed by atoms with E-state index in [2.05, 4.69) is 15.3 Å². The Balaban J connectivity index is 2.34. The summed E-state index contributed by atoms with van der Waals surface area (Å²) in [6.45, 7) is 1.83. The minimum atomic E-state index is -0.359. The van der Waals surface area contributed by atoms with Crippen LogP contribution in [-0.4, -0.2) is 21.9 Å². The molecule has 6 nitrogen and oxygen atoms in total. The molecule has 0 radical (unpaired) electrons. The van der Waals surface area contributed by atoms with Crippen LogP contribution in [0.5, 0.6) is 0 Å². The van der Waals surface area contributed by atoms with Crippen molar-refractivity contribution in [2.45, 2.75) is 13.3 Å². The van der Waals surface area contributed by atoms with Gasteiger partial charge in [-0.3, -0.25) is 10.1 Å². The van der Waals surface area contributed by atoms with Gasteiger partial charge in [0.15, 0.2) is 0 Å². The molecule has 0 saturated heterocycles. The molecule has 1 N–H and O–H groups in total. The van der Waals surface area contributed by atoms with Crippen molar-refractivity contribution in [1.82, 2.24) is 9.97 Å². The molecule has 0 fully saturated rings. The van der Waals surface area contributed by atoms with Crippen molar-refractivity contribution in [2.24, 2.45) is 0 Å². The highest BCUT2D eigenvalue weighted by Crippen LogP contribution is 2.22. The first kappa shape index (κ1) is 12.9. The maximum Gasteiger partial charge on any atom is 0.273 e. The molecule has 2 aromatic rings. The Morgan fingerprint density at radius 2 is 2.11 bits per heavy atom. The summed E-state index contributed by atoms with van der Waals surface area (Å²) in [5.41, 5.74) is 2.39. The van der Waals surface area contributed by atoms with Crippen molar-refractivity contribution in [3.8, 4) is 0 Å². The fraction of sp³-hybridized carbons (Fsp3) is 0.231. The molecule has 1 aromatic heterocycles. The molecule has 0 atom stereocenters. The van der Waals surface area contributed by atoms with Gasteiger partial charge in [0, 0.05) is 31.2 Å². The summed E-state index contributed by atoms with van der Waals surface area (Å²) < 4.78 is 0. The van der Waals surface area contributed by atoms with E-state index in [4.69, 9.17) is 0 Å². The Kier molecular flexibility index (Phi) is 3.70. The van der Waals surface area contributed by atoms with E-state index in [1.54, 1.807) is 25.2 Å². The topological polar surface area (TPSA) is 81.0 Å². The van der Waals surface area contributed by atoms with E-state index in [1.807, 2.05) is 13.0 Å². The predicted octanol–water partition coefficient (Wildman–Crippen LogP) is 2.33. The number of rotatable bonds is 4. The number of hydrogen-bond acceptors (Lipinski definition) is 5. The summed E-state index contributed by atoms with van der Waals surface area (Å²) in [6.07, 6.45) is 1.86. The number of nitrogens with one attached hydrogen (secondary N) is 1. The Hall–Kier alpha value is -2.50. The summed E-state index contributed by atoms with van der Waals surface area (Å²) in [5, 5.41) is 14.0. The van der Waals surface area contributed by atoms with Gasteiger partial charge < -0.3 is 5.32 Å². The zero-order valence-corrected chi connectivity index (χ0v) is 10.8. The van der Waals surface area contributed by atoms with Crippen LogP contribution >= 0.6 is 0 Å². The van der Waals surface area contributed by atoms with E-state index in [0.29, 0.717) is 17.8 Å². The van der Waals surface area contributed by atoms with E-state index < -0.39 is 0 Å². The van der Waals surface area contributed by atoms with Gasteiger partial charge >= 0.3 is 0 Å². The lowest BCUT2D eigenvalue weighted by Gasteiger charge is -2.05. The molecule has 98 valence electrons. The second-order valence-electron chi connectivity index (χ2n) is 4.21. The molecule has 0 saturated carbocycles. The van der Waals surface area contributed by atoms with Crippen LogP contribution < -0.4 is 5.32 Å². The smallest absolute Gasteiger partial charge is 0.273 e. The monoisotopic (exact) mass is 258 g/mol. The molecule has 0 aliphatic rings. The zero-order valence-electron chi connectivity index (χ0n) is 10.8. The first-order valence-electron chi connectivity index (χ1n) is 5.82. The van der Waals surface area contributed by atoms with Gasteiger partial charge in [0.1, 0.15) is 12.1 Å². The van der Waals surface area contributed by atoms with Crippen molar-refractivity contribution < 1.29 is 4.92 Å². The van der Waals surface area contributed by atoms with E-state index in [9.17, 15) is 10.1 Å². The third kappa shape index (κ3) is 3.04. The molecule has 0 spiro atoms. The maximum absolute atomic E-state index is 11.0. The predicted molar refractivity (Wildman–Crippen MR) is 72.2 cm³/mol. The lowest BCUT2D eigenvalue weighted by Crippen LogP contribution is -2.01. The normalized spacial score (nSPS) is 10.2. The largest absolute Gasteiger partial charge is 0.373 e. The molecule has 1 heterocycles. The van der Waals surface area contributed by atoms with Gasteiger partial charge in [-0.15, -0.1) is 0 Å². The first-order valence-corrected chi connectivity index (χ1v) is 5.82. The second-order valence-corrected chi connectivity index (χ2v) is 4.21. The second kappa shape index (κ2) is 5.43. The third-order valence-corrected chi connectivity index (χ3v) is 2.79. The van der Waals surface area contributed by atoms with Crippen LogP contribution in [-0.2, 0) is 6.42 Å². The van der Waals surface area contributed by atoms with Crippen LogP contribution in [0, 0.1) is 17.0 Å². The Labute approximate surface area is 110 Å². The van der Waals surface area contributed by atoms with Gasteiger partial charge in [-0.1, -0.05) is 12.1 Å². The summed E-state index contributed by atoms with van der Waals surface area (Å²) in [7, 11) is 1.76. The van der Waals surface area contributed by atoms with Crippen molar-refractivity contribution in [1.29, 1.82) is 0 Å². The molecule has 1 aromatic carbocycles. The van der Waals surface area contributed by atoms with Crippen LogP contribution in [0.1, 0.15) is 16.8 Å². The van der Waals surface area contributed by atoms with Gasteiger partial charge in [-0.25, -0.2) is 9.97 Å². The fourth-order valence-corrected chi connectivity index (χ4v) is 1.82. The molecular formula is C13H14N4O2. The van der Waals surface area contributed by atoms with Gasteiger partial charge in [0.25, 0.3) is 5.69 Å². The summed E-state index contributed by atoms with van der Waals surface area (Å²) in [6, 6.07) is 7.00. The number of nitro benzene ring substituents is 1. The zero-order chi connectivity index (χ0) is 13.8. The van der Waals surface area contributed by atoms with Gasteiger partial charge in [-0.05, 0) is 12.5 Å². The Morgan fingerprint density at radius 1 is 1.32 bits per heavy atom. The van der Waals surface area contributed by atoms with Crippen molar-refractivity contribution in [3.63, 3.8) is 0 Å². The molecule has 0 bridgehead atoms. The summed E-state index contributed by atoms with van der Waals surface area (Å²) in [4.78, 5) is 18.8. The molecule has 0 aliphatic heterocycles. The number of anilines is 1. The van der Waals surface area contributed by atoms with Crippen molar-refractivity contribution >= 4 is 11.5 Å². The number of benzene rings is 1. The fourth-order valence-electron chi connectivity index (χ4n) is 1.82. The van der Waals surface area contributed by atoms with E-state index in [-0.39, 0.29) is 10.6 Å². The van der Waals surface area contributed by atoms with Crippen LogP contribution in [0.4, 0.5) is 11.5 Å². The third-order valence-electron chi connectivity index (χ3n) is 2.79. The number of aromatic nitrogens is 2. The van der Waals surface area contributed by atoms with Gasteiger partial charge in [0.2, 0.25) is 0 Å². The van der Waals surface area contributed by atoms with E-state index >= 15 is 0 Å². The average Bonchev–Trinajstić information content (AvgIpc) is 2.41. The summed E-state index contributed by atoms with van der Waals surface area (Å²) in [5.74, 6) is 0.694. The lowest BCUT2D eigenvalue weighted by atomic mass is 10.1.